The summed E-state index contributed by atoms with van der Waals surface area (Å²) >= 11 is 0. The van der Waals surface area contributed by atoms with Gasteiger partial charge in [0.1, 0.15) is 24.6 Å². The summed E-state index contributed by atoms with van der Waals surface area (Å²) in [5, 5.41) is 23.6. The van der Waals surface area contributed by atoms with Crippen LogP contribution in [0.3, 0.4) is 0 Å². The summed E-state index contributed by atoms with van der Waals surface area (Å²) in [5.74, 6) is 1.37. The Kier molecular flexibility index (Phi) is 5.58. The molecule has 0 bridgehead atoms. The average Bonchev–Trinajstić information content (AvgIpc) is 3.09. The minimum absolute atomic E-state index is 0.0661. The molecule has 2 N–H and O–H groups in total. The highest BCUT2D eigenvalue weighted by atomic mass is 16.3. The number of phenolic OH excluding ortho intramolecular Hbond substituents is 1. The Morgan fingerprint density at radius 2 is 1.45 bits per heavy atom. The molecule has 5 atom stereocenters. The quantitative estimate of drug-likeness (QED) is 0.390. The van der Waals surface area contributed by atoms with E-state index in [2.05, 4.69) is 37.2 Å². The molecular formula is C33H37N2O5+. The van der Waals surface area contributed by atoms with Crippen LogP contribution in [0.15, 0.2) is 43.7 Å². The first-order valence-corrected chi connectivity index (χ1v) is 14.8. The van der Waals surface area contributed by atoms with Gasteiger partial charge in [-0.2, -0.15) is 0 Å². The molecule has 5 aliphatic rings. The van der Waals surface area contributed by atoms with E-state index < -0.39 is 16.3 Å². The van der Waals surface area contributed by atoms with E-state index in [0.717, 1.165) is 66.7 Å². The van der Waals surface area contributed by atoms with Gasteiger partial charge in [-0.15, -0.1) is 0 Å². The van der Waals surface area contributed by atoms with Gasteiger partial charge in [0.15, 0.2) is 0 Å². The number of hydrogen-bond donors (Lipinski definition) is 2. The van der Waals surface area contributed by atoms with Crippen molar-refractivity contribution in [2.45, 2.75) is 72.3 Å². The van der Waals surface area contributed by atoms with Crippen molar-refractivity contribution in [3.63, 3.8) is 0 Å². The molecule has 2 aromatic rings. The van der Waals surface area contributed by atoms with Crippen LogP contribution in [-0.2, 0) is 12.8 Å². The second-order valence-electron chi connectivity index (χ2n) is 13.5. The van der Waals surface area contributed by atoms with Gasteiger partial charge >= 0.3 is 0 Å². The zero-order valence-corrected chi connectivity index (χ0v) is 23.7. The number of aliphatic hydroxyl groups excluding tert-OH is 1. The fourth-order valence-corrected chi connectivity index (χ4v) is 8.46. The van der Waals surface area contributed by atoms with E-state index in [1.807, 2.05) is 0 Å². The van der Waals surface area contributed by atoms with Gasteiger partial charge in [-0.3, -0.25) is 14.4 Å². The molecule has 0 aromatic heterocycles. The standard InChI is InChI=1S/C33H36N2O5/c1-15-6-20-8-16(2)10-25-30(37)23(12-21(7-15)35(20)25)27-31(38)26(32(39)33(27)40)22-11-19-5-17(3)13-34-14-18(4)9-24(28(19)34)29(22)36/h11-12,15-18,20,37H,5-10,13-14H2,1-4H3/p+1/b26-22-,27-23-. The average molecular weight is 542 g/mol. The SMILES string of the molecule is CC1CC2=C/C(=c3/c(=O)c(=O)/c(=c4/cc5c6c(c4O)CC(C)C[N+]=6CC(C)C5)c3=O)C(O)=C3CC(C)CC(C1)N23. The number of hydrogen-bond acceptors (Lipinski definition) is 6. The molecule has 40 heavy (non-hydrogen) atoms. The van der Waals surface area contributed by atoms with Crippen LogP contribution in [0.4, 0.5) is 0 Å². The van der Waals surface area contributed by atoms with Gasteiger partial charge < -0.3 is 15.1 Å². The lowest BCUT2D eigenvalue weighted by Gasteiger charge is -2.49. The van der Waals surface area contributed by atoms with Gasteiger partial charge in [-0.05, 0) is 62.5 Å². The van der Waals surface area contributed by atoms with E-state index >= 15 is 0 Å². The number of aliphatic hydroxyl groups is 1. The van der Waals surface area contributed by atoms with Gasteiger partial charge in [-0.25, -0.2) is 4.58 Å². The summed E-state index contributed by atoms with van der Waals surface area (Å²) in [6.45, 7) is 10.5. The van der Waals surface area contributed by atoms with E-state index in [9.17, 15) is 24.6 Å². The summed E-state index contributed by atoms with van der Waals surface area (Å²) in [6.07, 6.45) is 6.70. The number of rotatable bonds is 0. The molecule has 0 amide bonds. The predicted molar refractivity (Wildman–Crippen MR) is 153 cm³/mol. The van der Waals surface area contributed by atoms with E-state index in [0.29, 0.717) is 36.5 Å². The number of nitrogens with zero attached hydrogens (tertiary/aromatic N) is 2. The Bertz CT molecular complexity index is 1920. The van der Waals surface area contributed by atoms with Crippen LogP contribution in [0.2, 0.25) is 0 Å². The molecule has 5 heterocycles. The molecule has 5 aliphatic heterocycles. The Balaban J connectivity index is 1.59. The van der Waals surface area contributed by atoms with Gasteiger partial charge in [0.2, 0.25) is 21.6 Å². The third-order valence-corrected chi connectivity index (χ3v) is 9.86. The first-order valence-electron chi connectivity index (χ1n) is 14.8. The molecule has 7 rings (SSSR count). The van der Waals surface area contributed by atoms with E-state index in [1.165, 1.54) is 0 Å². The molecule has 2 aromatic carbocycles. The monoisotopic (exact) mass is 541 g/mol. The maximum atomic E-state index is 14.0. The van der Waals surface area contributed by atoms with Crippen molar-refractivity contribution in [3.8, 4) is 5.75 Å². The van der Waals surface area contributed by atoms with Crippen LogP contribution < -0.4 is 31.4 Å². The van der Waals surface area contributed by atoms with Crippen LogP contribution in [0.25, 0.3) is 5.57 Å². The highest BCUT2D eigenvalue weighted by Gasteiger charge is 2.41. The van der Waals surface area contributed by atoms with E-state index in [-0.39, 0.29) is 38.8 Å². The summed E-state index contributed by atoms with van der Waals surface area (Å²) in [7, 11) is 0. The predicted octanol–water partition coefficient (Wildman–Crippen LogP) is 1.86. The summed E-state index contributed by atoms with van der Waals surface area (Å²) in [5.41, 5.74) is 1.19. The maximum Gasteiger partial charge on any atom is 0.238 e. The molecule has 7 heteroatoms. The Morgan fingerprint density at radius 1 is 0.800 bits per heavy atom. The minimum atomic E-state index is -0.898. The van der Waals surface area contributed by atoms with Crippen molar-refractivity contribution in [2.75, 3.05) is 13.1 Å². The van der Waals surface area contributed by atoms with Crippen LogP contribution in [0, 0.1) is 34.1 Å². The Labute approximate surface area is 232 Å². The van der Waals surface area contributed by atoms with Crippen molar-refractivity contribution < 1.29 is 10.2 Å². The summed E-state index contributed by atoms with van der Waals surface area (Å²) in [6, 6.07) is 2.05. The zero-order chi connectivity index (χ0) is 28.2. The molecule has 2 fully saturated rings. The summed E-state index contributed by atoms with van der Waals surface area (Å²) in [4.78, 5) is 43.3. The van der Waals surface area contributed by atoms with Crippen molar-refractivity contribution >= 4 is 5.57 Å². The van der Waals surface area contributed by atoms with Gasteiger partial charge in [0.05, 0.1) is 21.7 Å². The molecule has 5 unspecified atom stereocenters. The molecular weight excluding hydrogens is 504 g/mol. The maximum absolute atomic E-state index is 14.0. The lowest BCUT2D eigenvalue weighted by atomic mass is 9.78. The van der Waals surface area contributed by atoms with Crippen molar-refractivity contribution in [3.05, 3.63) is 92.1 Å². The second kappa shape index (κ2) is 8.76. The van der Waals surface area contributed by atoms with Gasteiger partial charge in [0.25, 0.3) is 0 Å². The number of piperidine rings is 2. The van der Waals surface area contributed by atoms with Crippen LogP contribution in [0.5, 0.6) is 5.75 Å². The van der Waals surface area contributed by atoms with Crippen molar-refractivity contribution in [1.29, 1.82) is 0 Å². The fraction of sp³-hybridized carbons (Fsp3) is 0.515. The van der Waals surface area contributed by atoms with E-state index in [1.54, 1.807) is 12.1 Å². The van der Waals surface area contributed by atoms with Crippen molar-refractivity contribution in [1.82, 2.24) is 9.48 Å². The second-order valence-corrected chi connectivity index (χ2v) is 13.5. The Hall–Kier alpha value is -3.48. The first-order chi connectivity index (χ1) is 19.0. The molecule has 208 valence electrons. The summed E-state index contributed by atoms with van der Waals surface area (Å²) < 4.78 is 2.31. The molecule has 0 saturated carbocycles. The van der Waals surface area contributed by atoms with Gasteiger partial charge in [-0.1, -0.05) is 27.7 Å². The number of aromatic hydroxyl groups is 1. The third-order valence-electron chi connectivity index (χ3n) is 9.86. The largest absolute Gasteiger partial charge is 0.507 e. The Morgan fingerprint density at radius 3 is 2.17 bits per heavy atom. The normalized spacial score (nSPS) is 31.6. The number of benzene rings is 1. The van der Waals surface area contributed by atoms with Crippen LogP contribution >= 0.6 is 0 Å². The molecule has 0 aliphatic carbocycles. The van der Waals surface area contributed by atoms with E-state index in [4.69, 9.17) is 0 Å². The molecule has 2 saturated heterocycles. The highest BCUT2D eigenvalue weighted by molar-refractivity contribution is 5.74. The molecule has 0 radical (unpaired) electrons. The molecule has 7 nitrogen and oxygen atoms in total. The topological polar surface area (TPSA) is 97.9 Å². The number of allylic oxidation sites excluding steroid dienone is 3. The lowest BCUT2D eigenvalue weighted by molar-refractivity contribution is 0.130. The number of phenols is 1. The first kappa shape index (κ1) is 25.5. The van der Waals surface area contributed by atoms with Crippen LogP contribution in [0.1, 0.15) is 64.5 Å². The molecule has 0 spiro atoms. The van der Waals surface area contributed by atoms with Crippen molar-refractivity contribution in [2.24, 2.45) is 23.7 Å². The minimum Gasteiger partial charge on any atom is -0.507 e. The zero-order valence-electron chi connectivity index (χ0n) is 23.7. The highest BCUT2D eigenvalue weighted by Crippen LogP contribution is 2.46. The fourth-order valence-electron chi connectivity index (χ4n) is 8.46. The smallest absolute Gasteiger partial charge is 0.238 e. The lowest BCUT2D eigenvalue weighted by Crippen LogP contribution is -2.48. The van der Waals surface area contributed by atoms with Crippen LogP contribution in [-0.4, -0.2) is 34.2 Å². The van der Waals surface area contributed by atoms with Gasteiger partial charge in [0, 0.05) is 39.9 Å². The third kappa shape index (κ3) is 3.55.